The second-order valence-corrected chi connectivity index (χ2v) is 4.73. The van der Waals surface area contributed by atoms with Gasteiger partial charge in [0.15, 0.2) is 0 Å². The van der Waals surface area contributed by atoms with Gasteiger partial charge < -0.3 is 16.2 Å². The predicted octanol–water partition coefficient (Wildman–Crippen LogP) is 3.51. The van der Waals surface area contributed by atoms with E-state index in [0.717, 1.165) is 18.2 Å². The Labute approximate surface area is 124 Å². The Morgan fingerprint density at radius 2 is 2.00 bits per heavy atom. The number of carboxylic acid groups (broad SMARTS) is 1. The van der Waals surface area contributed by atoms with Crippen molar-refractivity contribution in [1.82, 2.24) is 0 Å². The van der Waals surface area contributed by atoms with Crippen LogP contribution in [0.15, 0.2) is 30.3 Å². The summed E-state index contributed by atoms with van der Waals surface area (Å²) in [5, 5.41) is 11.9. The highest BCUT2D eigenvalue weighted by molar-refractivity contribution is 6.34. The summed E-state index contributed by atoms with van der Waals surface area (Å²) in [6, 6.07) is 5.62. The van der Waals surface area contributed by atoms with Crippen LogP contribution in [0.4, 0.5) is 20.2 Å². The zero-order valence-electron chi connectivity index (χ0n) is 10.7. The maximum Gasteiger partial charge on any atom is 0.337 e. The topological polar surface area (TPSA) is 75.3 Å². The summed E-state index contributed by atoms with van der Waals surface area (Å²) < 4.78 is 26.6. The van der Waals surface area contributed by atoms with Crippen LogP contribution in [0.1, 0.15) is 15.9 Å². The molecule has 0 heterocycles. The minimum absolute atomic E-state index is 0.0548. The van der Waals surface area contributed by atoms with Gasteiger partial charge >= 0.3 is 5.97 Å². The molecule has 0 unspecified atom stereocenters. The summed E-state index contributed by atoms with van der Waals surface area (Å²) in [4.78, 5) is 11.2. The quantitative estimate of drug-likeness (QED) is 0.755. The van der Waals surface area contributed by atoms with Gasteiger partial charge in [-0.2, -0.15) is 0 Å². The van der Waals surface area contributed by atoms with Crippen LogP contribution in [0, 0.1) is 11.6 Å². The predicted molar refractivity (Wildman–Crippen MR) is 76.5 cm³/mol. The van der Waals surface area contributed by atoms with Gasteiger partial charge in [0.2, 0.25) is 0 Å². The first-order valence-corrected chi connectivity index (χ1v) is 6.26. The third-order valence-corrected chi connectivity index (χ3v) is 3.10. The van der Waals surface area contributed by atoms with Crippen molar-refractivity contribution in [3.63, 3.8) is 0 Å². The third kappa shape index (κ3) is 3.41. The molecule has 0 fully saturated rings. The van der Waals surface area contributed by atoms with Gasteiger partial charge in [-0.3, -0.25) is 0 Å². The molecule has 0 amide bonds. The molecule has 0 aliphatic carbocycles. The van der Waals surface area contributed by atoms with Crippen LogP contribution in [0.25, 0.3) is 0 Å². The lowest BCUT2D eigenvalue weighted by atomic mass is 10.1. The number of aromatic carboxylic acids is 1. The molecule has 4 nitrogen and oxygen atoms in total. The Morgan fingerprint density at radius 1 is 1.29 bits per heavy atom. The molecule has 0 atom stereocenters. The molecule has 0 spiro atoms. The van der Waals surface area contributed by atoms with Crippen LogP contribution >= 0.6 is 11.6 Å². The Bertz CT molecular complexity index is 708. The lowest BCUT2D eigenvalue weighted by molar-refractivity contribution is 0.0698. The SMILES string of the molecule is Nc1cc(Cl)c(NCc2cc(F)ccc2F)c(C(=O)O)c1. The first-order valence-electron chi connectivity index (χ1n) is 5.88. The first-order chi connectivity index (χ1) is 9.88. The third-order valence-electron chi connectivity index (χ3n) is 2.81. The van der Waals surface area contributed by atoms with Crippen LogP contribution in [-0.2, 0) is 6.54 Å². The number of benzene rings is 2. The van der Waals surface area contributed by atoms with Crippen molar-refractivity contribution in [2.45, 2.75) is 6.54 Å². The summed E-state index contributed by atoms with van der Waals surface area (Å²) in [6.07, 6.45) is 0. The maximum absolute atomic E-state index is 13.5. The number of anilines is 2. The standard InChI is InChI=1S/C14H11ClF2N2O2/c15-11-5-9(18)4-10(14(20)21)13(11)19-6-7-3-8(16)1-2-12(7)17/h1-5,19H,6,18H2,(H,20,21). The van der Waals surface area contributed by atoms with Crippen LogP contribution < -0.4 is 11.1 Å². The minimum atomic E-state index is -1.23. The number of carbonyl (C=O) groups is 1. The highest BCUT2D eigenvalue weighted by atomic mass is 35.5. The molecule has 0 aliphatic heterocycles. The first kappa shape index (κ1) is 15.1. The smallest absolute Gasteiger partial charge is 0.337 e. The largest absolute Gasteiger partial charge is 0.478 e. The van der Waals surface area contributed by atoms with Crippen molar-refractivity contribution >= 4 is 28.9 Å². The van der Waals surface area contributed by atoms with Gasteiger partial charge in [0.05, 0.1) is 16.3 Å². The van der Waals surface area contributed by atoms with Crippen LogP contribution in [-0.4, -0.2) is 11.1 Å². The van der Waals surface area contributed by atoms with E-state index in [1.54, 1.807) is 0 Å². The van der Waals surface area contributed by atoms with Crippen molar-refractivity contribution in [1.29, 1.82) is 0 Å². The lowest BCUT2D eigenvalue weighted by Gasteiger charge is -2.13. The van der Waals surface area contributed by atoms with E-state index in [1.165, 1.54) is 12.1 Å². The van der Waals surface area contributed by atoms with Crippen molar-refractivity contribution < 1.29 is 18.7 Å². The van der Waals surface area contributed by atoms with Gasteiger partial charge in [-0.15, -0.1) is 0 Å². The van der Waals surface area contributed by atoms with Crippen LogP contribution in [0.5, 0.6) is 0 Å². The normalized spacial score (nSPS) is 10.4. The van der Waals surface area contributed by atoms with Gasteiger partial charge in [0.1, 0.15) is 11.6 Å². The monoisotopic (exact) mass is 312 g/mol. The Hall–Kier alpha value is -2.34. The van der Waals surface area contributed by atoms with Crippen LogP contribution in [0.2, 0.25) is 5.02 Å². The van der Waals surface area contributed by atoms with Crippen molar-refractivity contribution in [2.24, 2.45) is 0 Å². The number of hydrogen-bond acceptors (Lipinski definition) is 3. The Morgan fingerprint density at radius 3 is 2.67 bits per heavy atom. The molecule has 0 saturated carbocycles. The molecule has 2 aromatic carbocycles. The maximum atomic E-state index is 13.5. The molecule has 0 aromatic heterocycles. The molecular weight excluding hydrogens is 302 g/mol. The highest BCUT2D eigenvalue weighted by Crippen LogP contribution is 2.30. The second-order valence-electron chi connectivity index (χ2n) is 4.32. The number of nitrogens with two attached hydrogens (primary N) is 1. The molecule has 0 bridgehead atoms. The minimum Gasteiger partial charge on any atom is -0.478 e. The molecular formula is C14H11ClF2N2O2. The summed E-state index contributed by atoms with van der Waals surface area (Å²) in [5.74, 6) is -2.42. The van der Waals surface area contributed by atoms with E-state index in [9.17, 15) is 13.6 Å². The number of halogens is 3. The van der Waals surface area contributed by atoms with E-state index in [4.69, 9.17) is 22.4 Å². The molecule has 4 N–H and O–H groups in total. The second kappa shape index (κ2) is 5.97. The number of nitrogens with one attached hydrogen (secondary N) is 1. The summed E-state index contributed by atoms with van der Waals surface area (Å²) in [6.45, 7) is -0.118. The highest BCUT2D eigenvalue weighted by Gasteiger charge is 2.15. The number of nitrogen functional groups attached to an aromatic ring is 1. The molecule has 0 radical (unpaired) electrons. The Kier molecular flexibility index (Phi) is 4.28. The summed E-state index contributed by atoms with van der Waals surface area (Å²) in [5.41, 5.74) is 5.74. The van der Waals surface area contributed by atoms with E-state index in [2.05, 4.69) is 5.32 Å². The average Bonchev–Trinajstić information content (AvgIpc) is 2.40. The van der Waals surface area contributed by atoms with Gasteiger partial charge in [0.25, 0.3) is 0 Å². The zero-order chi connectivity index (χ0) is 15.6. The average molecular weight is 313 g/mol. The van der Waals surface area contributed by atoms with Crippen LogP contribution in [0.3, 0.4) is 0 Å². The fourth-order valence-corrected chi connectivity index (χ4v) is 2.13. The van der Waals surface area contributed by atoms with Crippen molar-refractivity contribution in [2.75, 3.05) is 11.1 Å². The van der Waals surface area contributed by atoms with Crippen molar-refractivity contribution in [3.8, 4) is 0 Å². The van der Waals surface area contributed by atoms with E-state index >= 15 is 0 Å². The molecule has 7 heteroatoms. The molecule has 0 aliphatic rings. The lowest BCUT2D eigenvalue weighted by Crippen LogP contribution is -2.09. The van der Waals surface area contributed by atoms with Gasteiger partial charge in [-0.25, -0.2) is 13.6 Å². The number of carboxylic acids is 1. The number of rotatable bonds is 4. The van der Waals surface area contributed by atoms with E-state index in [-0.39, 0.29) is 34.1 Å². The molecule has 110 valence electrons. The fourth-order valence-electron chi connectivity index (χ4n) is 1.84. The molecule has 2 aromatic rings. The van der Waals surface area contributed by atoms with Crippen molar-refractivity contribution in [3.05, 3.63) is 58.1 Å². The van der Waals surface area contributed by atoms with Gasteiger partial charge in [-0.05, 0) is 30.3 Å². The van der Waals surface area contributed by atoms with Gasteiger partial charge in [0, 0.05) is 17.8 Å². The number of hydrogen-bond donors (Lipinski definition) is 3. The molecule has 0 saturated heterocycles. The summed E-state index contributed by atoms with van der Waals surface area (Å²) >= 11 is 5.94. The van der Waals surface area contributed by atoms with E-state index < -0.39 is 17.6 Å². The summed E-state index contributed by atoms with van der Waals surface area (Å²) in [7, 11) is 0. The molecule has 21 heavy (non-hydrogen) atoms. The van der Waals surface area contributed by atoms with E-state index in [0.29, 0.717) is 0 Å². The zero-order valence-corrected chi connectivity index (χ0v) is 11.4. The van der Waals surface area contributed by atoms with E-state index in [1.807, 2.05) is 0 Å². The fraction of sp³-hybridized carbons (Fsp3) is 0.0714. The van der Waals surface area contributed by atoms with Gasteiger partial charge in [-0.1, -0.05) is 11.6 Å². The molecule has 2 rings (SSSR count). The Balaban J connectivity index is 2.32.